The van der Waals surface area contributed by atoms with Gasteiger partial charge < -0.3 is 15.0 Å². The van der Waals surface area contributed by atoms with E-state index in [0.29, 0.717) is 36.5 Å². The van der Waals surface area contributed by atoms with E-state index in [1.807, 2.05) is 0 Å². The second-order valence-electron chi connectivity index (χ2n) is 6.56. The van der Waals surface area contributed by atoms with E-state index in [1.165, 1.54) is 12.1 Å². The number of amides is 2. The van der Waals surface area contributed by atoms with Gasteiger partial charge in [-0.1, -0.05) is 12.1 Å². The van der Waals surface area contributed by atoms with Crippen LogP contribution in [0.15, 0.2) is 42.5 Å². The molecule has 5 nitrogen and oxygen atoms in total. The number of rotatable bonds is 6. The standard InChI is InChI=1S/C21H23FN2O3/c1-27-19-11-10-17(14-18(19)24-13-3-2-4-21(24)26)23-20(25)12-7-15-5-8-16(22)9-6-15/h5-6,8-11,14H,2-4,7,12-13H2,1H3,(H,23,25). The zero-order valence-corrected chi connectivity index (χ0v) is 15.3. The molecule has 2 amide bonds. The van der Waals surface area contributed by atoms with Gasteiger partial charge in [0.05, 0.1) is 12.8 Å². The van der Waals surface area contributed by atoms with Crippen molar-refractivity contribution in [1.29, 1.82) is 0 Å². The number of ether oxygens (including phenoxy) is 1. The second-order valence-corrected chi connectivity index (χ2v) is 6.56. The van der Waals surface area contributed by atoms with E-state index < -0.39 is 0 Å². The molecule has 1 saturated heterocycles. The number of aryl methyl sites for hydroxylation is 1. The van der Waals surface area contributed by atoms with Gasteiger partial charge in [0.15, 0.2) is 0 Å². The van der Waals surface area contributed by atoms with Gasteiger partial charge in [0.2, 0.25) is 11.8 Å². The first-order valence-corrected chi connectivity index (χ1v) is 9.09. The van der Waals surface area contributed by atoms with Crippen LogP contribution in [0.4, 0.5) is 15.8 Å². The van der Waals surface area contributed by atoms with Crippen molar-refractivity contribution >= 4 is 23.2 Å². The van der Waals surface area contributed by atoms with Crippen LogP contribution in [-0.4, -0.2) is 25.5 Å². The molecule has 2 aromatic rings. The molecule has 142 valence electrons. The van der Waals surface area contributed by atoms with E-state index in [2.05, 4.69) is 5.32 Å². The molecule has 1 aliphatic heterocycles. The number of anilines is 2. The average molecular weight is 370 g/mol. The molecule has 2 aromatic carbocycles. The van der Waals surface area contributed by atoms with E-state index in [4.69, 9.17) is 4.74 Å². The lowest BCUT2D eigenvalue weighted by atomic mass is 10.1. The molecule has 0 unspecified atom stereocenters. The molecule has 6 heteroatoms. The zero-order chi connectivity index (χ0) is 19.2. The summed E-state index contributed by atoms with van der Waals surface area (Å²) in [6.45, 7) is 0.650. The van der Waals surface area contributed by atoms with Gasteiger partial charge >= 0.3 is 0 Å². The van der Waals surface area contributed by atoms with E-state index in [-0.39, 0.29) is 24.1 Å². The molecular weight excluding hydrogens is 347 g/mol. The summed E-state index contributed by atoms with van der Waals surface area (Å²) in [6, 6.07) is 11.4. The summed E-state index contributed by atoms with van der Waals surface area (Å²) in [7, 11) is 1.56. The Labute approximate surface area is 158 Å². The molecule has 1 fully saturated rings. The Morgan fingerprint density at radius 2 is 1.96 bits per heavy atom. The third kappa shape index (κ3) is 4.84. The van der Waals surface area contributed by atoms with Crippen LogP contribution >= 0.6 is 0 Å². The van der Waals surface area contributed by atoms with Crippen LogP contribution in [0.3, 0.4) is 0 Å². The Morgan fingerprint density at radius 3 is 2.67 bits per heavy atom. The lowest BCUT2D eigenvalue weighted by molar-refractivity contribution is -0.119. The molecule has 1 aliphatic rings. The van der Waals surface area contributed by atoms with Crippen LogP contribution in [0.1, 0.15) is 31.2 Å². The monoisotopic (exact) mass is 370 g/mol. The molecule has 0 aromatic heterocycles. The van der Waals surface area contributed by atoms with Crippen LogP contribution < -0.4 is 15.0 Å². The van der Waals surface area contributed by atoms with Gasteiger partial charge in [0, 0.05) is 25.1 Å². The van der Waals surface area contributed by atoms with Crippen molar-refractivity contribution in [2.75, 3.05) is 23.9 Å². The van der Waals surface area contributed by atoms with E-state index in [0.717, 1.165) is 18.4 Å². The fourth-order valence-corrected chi connectivity index (χ4v) is 3.17. The predicted octanol–water partition coefficient (Wildman–Crippen LogP) is 3.92. The smallest absolute Gasteiger partial charge is 0.227 e. The average Bonchev–Trinajstić information content (AvgIpc) is 2.68. The third-order valence-electron chi connectivity index (χ3n) is 4.63. The van der Waals surface area contributed by atoms with Crippen LogP contribution in [0.2, 0.25) is 0 Å². The summed E-state index contributed by atoms with van der Waals surface area (Å²) in [5.41, 5.74) is 2.20. The number of hydrogen-bond acceptors (Lipinski definition) is 3. The molecule has 27 heavy (non-hydrogen) atoms. The van der Waals surface area contributed by atoms with E-state index in [1.54, 1.807) is 42.3 Å². The van der Waals surface area contributed by atoms with Gasteiger partial charge in [-0.15, -0.1) is 0 Å². The van der Waals surface area contributed by atoms with Gasteiger partial charge in [-0.25, -0.2) is 4.39 Å². The molecule has 0 aliphatic carbocycles. The molecule has 0 saturated carbocycles. The summed E-state index contributed by atoms with van der Waals surface area (Å²) in [6.07, 6.45) is 3.19. The third-order valence-corrected chi connectivity index (χ3v) is 4.63. The van der Waals surface area contributed by atoms with Gasteiger partial charge in [-0.3, -0.25) is 9.59 Å². The van der Waals surface area contributed by atoms with Crippen molar-refractivity contribution in [3.63, 3.8) is 0 Å². The first-order valence-electron chi connectivity index (χ1n) is 9.09. The normalized spacial score (nSPS) is 14.1. The highest BCUT2D eigenvalue weighted by molar-refractivity contribution is 5.97. The largest absolute Gasteiger partial charge is 0.495 e. The Bertz CT molecular complexity index is 821. The summed E-state index contributed by atoms with van der Waals surface area (Å²) >= 11 is 0. The highest BCUT2D eigenvalue weighted by Crippen LogP contribution is 2.33. The molecule has 3 rings (SSSR count). The zero-order valence-electron chi connectivity index (χ0n) is 15.3. The minimum absolute atomic E-state index is 0.0688. The first-order chi connectivity index (χ1) is 13.1. The van der Waals surface area contributed by atoms with Gasteiger partial charge in [-0.05, 0) is 55.2 Å². The van der Waals surface area contributed by atoms with Crippen molar-refractivity contribution in [3.8, 4) is 5.75 Å². The highest BCUT2D eigenvalue weighted by Gasteiger charge is 2.23. The summed E-state index contributed by atoms with van der Waals surface area (Å²) in [5, 5.41) is 2.86. The maximum atomic E-state index is 12.9. The van der Waals surface area contributed by atoms with E-state index >= 15 is 0 Å². The Morgan fingerprint density at radius 1 is 1.19 bits per heavy atom. The van der Waals surface area contributed by atoms with Crippen molar-refractivity contribution in [2.24, 2.45) is 0 Å². The van der Waals surface area contributed by atoms with Gasteiger partial charge in [-0.2, -0.15) is 0 Å². The van der Waals surface area contributed by atoms with E-state index in [9.17, 15) is 14.0 Å². The SMILES string of the molecule is COc1ccc(NC(=O)CCc2ccc(F)cc2)cc1N1CCCCC1=O. The van der Waals surface area contributed by atoms with Crippen molar-refractivity contribution in [3.05, 3.63) is 53.8 Å². The minimum atomic E-state index is -0.291. The van der Waals surface area contributed by atoms with Crippen LogP contribution in [-0.2, 0) is 16.0 Å². The van der Waals surface area contributed by atoms with Crippen LogP contribution in [0, 0.1) is 5.82 Å². The fraction of sp³-hybridized carbons (Fsp3) is 0.333. The molecule has 1 heterocycles. The maximum absolute atomic E-state index is 12.9. The molecule has 0 bridgehead atoms. The number of carbonyl (C=O) groups is 2. The Hall–Kier alpha value is -2.89. The minimum Gasteiger partial charge on any atom is -0.495 e. The number of benzene rings is 2. The lowest BCUT2D eigenvalue weighted by Crippen LogP contribution is -2.35. The number of hydrogen-bond donors (Lipinski definition) is 1. The number of halogens is 1. The van der Waals surface area contributed by atoms with Gasteiger partial charge in [0.25, 0.3) is 0 Å². The quantitative estimate of drug-likeness (QED) is 0.838. The predicted molar refractivity (Wildman–Crippen MR) is 103 cm³/mol. The van der Waals surface area contributed by atoms with Crippen LogP contribution in [0.5, 0.6) is 5.75 Å². The van der Waals surface area contributed by atoms with Crippen LogP contribution in [0.25, 0.3) is 0 Å². The fourth-order valence-electron chi connectivity index (χ4n) is 3.17. The molecule has 0 atom stereocenters. The number of methoxy groups -OCH3 is 1. The second kappa shape index (κ2) is 8.66. The molecule has 0 radical (unpaired) electrons. The molecule has 0 spiro atoms. The summed E-state index contributed by atoms with van der Waals surface area (Å²) < 4.78 is 18.3. The lowest BCUT2D eigenvalue weighted by Gasteiger charge is -2.28. The Balaban J connectivity index is 1.67. The topological polar surface area (TPSA) is 58.6 Å². The van der Waals surface area contributed by atoms with Gasteiger partial charge in [0.1, 0.15) is 11.6 Å². The molecule has 1 N–H and O–H groups in total. The number of carbonyl (C=O) groups excluding carboxylic acids is 2. The Kier molecular flexibility index (Phi) is 6.06. The highest BCUT2D eigenvalue weighted by atomic mass is 19.1. The number of nitrogens with one attached hydrogen (secondary N) is 1. The first kappa shape index (κ1) is 18.9. The number of nitrogens with zero attached hydrogens (tertiary/aromatic N) is 1. The van der Waals surface area contributed by atoms with Crippen molar-refractivity contribution in [2.45, 2.75) is 32.1 Å². The van der Waals surface area contributed by atoms with Crippen molar-refractivity contribution in [1.82, 2.24) is 0 Å². The summed E-state index contributed by atoms with van der Waals surface area (Å²) in [5.74, 6) is 0.246. The summed E-state index contributed by atoms with van der Waals surface area (Å²) in [4.78, 5) is 26.2. The number of piperidine rings is 1. The molecular formula is C21H23FN2O3. The van der Waals surface area contributed by atoms with Crippen molar-refractivity contribution < 1.29 is 18.7 Å². The maximum Gasteiger partial charge on any atom is 0.227 e.